The van der Waals surface area contributed by atoms with Gasteiger partial charge in [0.15, 0.2) is 0 Å². The first-order valence-electron chi connectivity index (χ1n) is 9.27. The summed E-state index contributed by atoms with van der Waals surface area (Å²) in [6.07, 6.45) is -4.88. The number of anilines is 1. The summed E-state index contributed by atoms with van der Waals surface area (Å²) in [6.45, 7) is 0.238. The normalized spacial score (nSPS) is 16.4. The van der Waals surface area contributed by atoms with Gasteiger partial charge in [-0.15, -0.1) is 0 Å². The highest BCUT2D eigenvalue weighted by molar-refractivity contribution is 7.89. The van der Waals surface area contributed by atoms with Gasteiger partial charge in [0.2, 0.25) is 15.9 Å². The number of benzene rings is 2. The van der Waals surface area contributed by atoms with Crippen molar-refractivity contribution >= 4 is 21.6 Å². The van der Waals surface area contributed by atoms with Crippen molar-refractivity contribution in [2.75, 3.05) is 18.4 Å². The molecule has 0 aromatic heterocycles. The molecule has 5 nitrogen and oxygen atoms in total. The molecule has 30 heavy (non-hydrogen) atoms. The van der Waals surface area contributed by atoms with E-state index < -0.39 is 34.4 Å². The molecule has 0 atom stereocenters. The van der Waals surface area contributed by atoms with E-state index in [-0.39, 0.29) is 29.5 Å². The predicted molar refractivity (Wildman–Crippen MR) is 103 cm³/mol. The molecule has 0 saturated carbocycles. The molecule has 2 aromatic rings. The van der Waals surface area contributed by atoms with Gasteiger partial charge in [-0.05, 0) is 54.8 Å². The Hall–Kier alpha value is -2.46. The first-order chi connectivity index (χ1) is 14.0. The minimum Gasteiger partial charge on any atom is -0.326 e. The van der Waals surface area contributed by atoms with Crippen molar-refractivity contribution in [2.45, 2.75) is 30.3 Å². The molecule has 10 heteroatoms. The van der Waals surface area contributed by atoms with Crippen molar-refractivity contribution in [3.63, 3.8) is 0 Å². The SMILES string of the molecule is O=C(Nc1ccc(F)cc1)C1CCN(S(=O)(=O)c2ccc(CC(F)(F)F)cc2)CC1. The van der Waals surface area contributed by atoms with Gasteiger partial charge in [-0.25, -0.2) is 12.8 Å². The maximum absolute atomic E-state index is 12.9. The molecular weight excluding hydrogens is 424 g/mol. The van der Waals surface area contributed by atoms with E-state index in [0.29, 0.717) is 18.5 Å². The topological polar surface area (TPSA) is 66.5 Å². The van der Waals surface area contributed by atoms with Crippen LogP contribution >= 0.6 is 0 Å². The summed E-state index contributed by atoms with van der Waals surface area (Å²) in [5.41, 5.74) is 0.438. The summed E-state index contributed by atoms with van der Waals surface area (Å²) in [6, 6.07) is 9.99. The standard InChI is InChI=1S/C20H20F4N2O3S/c21-16-3-5-17(6-4-16)25-19(27)15-9-11-26(12-10-15)30(28,29)18-7-1-14(2-8-18)13-20(22,23)24/h1-8,15H,9-13H2,(H,25,27). The number of piperidine rings is 1. The third-order valence-corrected chi connectivity index (χ3v) is 6.82. The fourth-order valence-corrected chi connectivity index (χ4v) is 4.77. The Morgan fingerprint density at radius 2 is 1.57 bits per heavy atom. The van der Waals surface area contributed by atoms with Crippen molar-refractivity contribution < 1.29 is 30.8 Å². The van der Waals surface area contributed by atoms with Gasteiger partial charge < -0.3 is 5.32 Å². The quantitative estimate of drug-likeness (QED) is 0.710. The fraction of sp³-hybridized carbons (Fsp3) is 0.350. The smallest absolute Gasteiger partial charge is 0.326 e. The molecule has 0 aliphatic carbocycles. The second-order valence-corrected chi connectivity index (χ2v) is 9.05. The molecule has 1 aliphatic rings. The molecule has 1 saturated heterocycles. The Morgan fingerprint density at radius 3 is 2.10 bits per heavy atom. The van der Waals surface area contributed by atoms with Crippen LogP contribution in [0.25, 0.3) is 0 Å². The van der Waals surface area contributed by atoms with Crippen LogP contribution in [0.3, 0.4) is 0 Å². The zero-order valence-corrected chi connectivity index (χ0v) is 16.6. The summed E-state index contributed by atoms with van der Waals surface area (Å²) < 4.78 is 77.0. The van der Waals surface area contributed by atoms with Crippen molar-refractivity contribution in [3.05, 3.63) is 59.9 Å². The van der Waals surface area contributed by atoms with Crippen LogP contribution in [0.1, 0.15) is 18.4 Å². The van der Waals surface area contributed by atoms with Gasteiger partial charge in [-0.3, -0.25) is 4.79 Å². The maximum atomic E-state index is 12.9. The Bertz CT molecular complexity index is 982. The number of sulfonamides is 1. The molecule has 162 valence electrons. The molecule has 1 amide bonds. The van der Waals surface area contributed by atoms with E-state index >= 15 is 0 Å². The maximum Gasteiger partial charge on any atom is 0.393 e. The molecule has 3 rings (SSSR count). The Morgan fingerprint density at radius 1 is 1.00 bits per heavy atom. The van der Waals surface area contributed by atoms with Gasteiger partial charge in [-0.2, -0.15) is 17.5 Å². The van der Waals surface area contributed by atoms with Crippen LogP contribution in [0.4, 0.5) is 23.2 Å². The number of amides is 1. The summed E-state index contributed by atoms with van der Waals surface area (Å²) in [5, 5.41) is 2.68. The monoisotopic (exact) mass is 444 g/mol. The number of alkyl halides is 3. The minimum absolute atomic E-state index is 0.0161. The van der Waals surface area contributed by atoms with Gasteiger partial charge in [0.1, 0.15) is 5.82 Å². The number of hydrogen-bond acceptors (Lipinski definition) is 3. The van der Waals surface area contributed by atoms with Gasteiger partial charge in [0.25, 0.3) is 0 Å². The number of rotatable bonds is 5. The van der Waals surface area contributed by atoms with Crippen LogP contribution in [0.15, 0.2) is 53.4 Å². The average Bonchev–Trinajstić information content (AvgIpc) is 2.69. The lowest BCUT2D eigenvalue weighted by Crippen LogP contribution is -2.41. The first kappa shape index (κ1) is 22.2. The second kappa shape index (κ2) is 8.73. The van der Waals surface area contributed by atoms with Gasteiger partial charge >= 0.3 is 6.18 Å². The Balaban J connectivity index is 1.59. The highest BCUT2D eigenvalue weighted by Crippen LogP contribution is 2.26. The molecule has 0 bridgehead atoms. The van der Waals surface area contributed by atoms with Crippen molar-refractivity contribution in [3.8, 4) is 0 Å². The minimum atomic E-state index is -4.36. The zero-order chi connectivity index (χ0) is 21.9. The summed E-state index contributed by atoms with van der Waals surface area (Å²) >= 11 is 0. The van der Waals surface area contributed by atoms with Crippen LogP contribution in [0.2, 0.25) is 0 Å². The van der Waals surface area contributed by atoms with Crippen LogP contribution in [0, 0.1) is 11.7 Å². The fourth-order valence-electron chi connectivity index (χ4n) is 3.30. The zero-order valence-electron chi connectivity index (χ0n) is 15.8. The third-order valence-electron chi connectivity index (χ3n) is 4.90. The molecule has 0 unspecified atom stereocenters. The summed E-state index contributed by atoms with van der Waals surface area (Å²) in [7, 11) is -3.86. The first-order valence-corrected chi connectivity index (χ1v) is 10.7. The van der Waals surface area contributed by atoms with E-state index in [0.717, 1.165) is 12.1 Å². The summed E-state index contributed by atoms with van der Waals surface area (Å²) in [5.74, 6) is -1.08. The molecule has 1 heterocycles. The largest absolute Gasteiger partial charge is 0.393 e. The number of carbonyl (C=O) groups excluding carboxylic acids is 1. The highest BCUT2D eigenvalue weighted by Gasteiger charge is 2.32. The molecule has 1 N–H and O–H groups in total. The Kier molecular flexibility index (Phi) is 6.47. The van der Waals surface area contributed by atoms with Crippen LogP contribution in [0.5, 0.6) is 0 Å². The van der Waals surface area contributed by atoms with E-state index in [4.69, 9.17) is 0 Å². The molecule has 1 aliphatic heterocycles. The van der Waals surface area contributed by atoms with Crippen molar-refractivity contribution in [2.24, 2.45) is 5.92 Å². The lowest BCUT2D eigenvalue weighted by Gasteiger charge is -2.30. The molecular formula is C20H20F4N2O3S. The number of carbonyl (C=O) groups is 1. The summed E-state index contributed by atoms with van der Waals surface area (Å²) in [4.78, 5) is 12.3. The highest BCUT2D eigenvalue weighted by atomic mass is 32.2. The number of nitrogens with one attached hydrogen (secondary N) is 1. The van der Waals surface area contributed by atoms with Crippen LogP contribution < -0.4 is 5.32 Å². The van der Waals surface area contributed by atoms with Gasteiger partial charge in [0.05, 0.1) is 11.3 Å². The lowest BCUT2D eigenvalue weighted by atomic mass is 9.97. The third kappa shape index (κ3) is 5.57. The van der Waals surface area contributed by atoms with E-state index in [1.165, 1.54) is 40.7 Å². The number of hydrogen-bond donors (Lipinski definition) is 1. The van der Waals surface area contributed by atoms with E-state index in [1.54, 1.807) is 0 Å². The van der Waals surface area contributed by atoms with E-state index in [9.17, 15) is 30.8 Å². The van der Waals surface area contributed by atoms with Crippen LogP contribution in [-0.2, 0) is 21.2 Å². The lowest BCUT2D eigenvalue weighted by molar-refractivity contribution is -0.127. The Labute approximate surface area is 171 Å². The van der Waals surface area contributed by atoms with Gasteiger partial charge in [-0.1, -0.05) is 12.1 Å². The second-order valence-electron chi connectivity index (χ2n) is 7.11. The number of nitrogens with zero attached hydrogens (tertiary/aromatic N) is 1. The molecule has 1 fully saturated rings. The van der Waals surface area contributed by atoms with E-state index in [1.807, 2.05) is 0 Å². The molecule has 0 spiro atoms. The predicted octanol–water partition coefficient (Wildman–Crippen LogP) is 3.97. The molecule has 2 aromatic carbocycles. The van der Waals surface area contributed by atoms with E-state index in [2.05, 4.69) is 5.32 Å². The average molecular weight is 444 g/mol. The van der Waals surface area contributed by atoms with Gasteiger partial charge in [0, 0.05) is 24.7 Å². The number of halogens is 4. The molecule has 0 radical (unpaired) electrons. The van der Waals surface area contributed by atoms with Crippen molar-refractivity contribution in [1.82, 2.24) is 4.31 Å². The van der Waals surface area contributed by atoms with Crippen LogP contribution in [-0.4, -0.2) is 37.9 Å². The van der Waals surface area contributed by atoms with Crippen molar-refractivity contribution in [1.29, 1.82) is 0 Å².